The quantitative estimate of drug-likeness (QED) is 0.334. The Bertz CT molecular complexity index is 1530. The lowest BCUT2D eigenvalue weighted by atomic mass is 10.1. The fourth-order valence-electron chi connectivity index (χ4n) is 3.94. The van der Waals surface area contributed by atoms with Crippen LogP contribution in [0.5, 0.6) is 5.75 Å². The molecule has 0 unspecified atom stereocenters. The number of allylic oxidation sites excluding steroid dienone is 4. The number of methoxy groups -OCH3 is 1. The highest BCUT2D eigenvalue weighted by molar-refractivity contribution is 7.99. The van der Waals surface area contributed by atoms with Crippen LogP contribution >= 0.6 is 23.8 Å². The number of carbonyl (C=O) groups is 1. The van der Waals surface area contributed by atoms with Gasteiger partial charge in [0.2, 0.25) is 0 Å². The number of benzene rings is 2. The first kappa shape index (κ1) is 26.6. The molecular weight excluding hydrogens is 534 g/mol. The van der Waals surface area contributed by atoms with Crippen molar-refractivity contribution in [1.82, 2.24) is 20.4 Å². The number of carbonyl (C=O) groups excluding carboxylic acids is 1. The zero-order valence-electron chi connectivity index (χ0n) is 20.2. The largest absolute Gasteiger partial charge is 0.496 e. The van der Waals surface area contributed by atoms with Gasteiger partial charge < -0.3 is 15.4 Å². The van der Waals surface area contributed by atoms with Crippen LogP contribution in [0.25, 0.3) is 10.9 Å². The van der Waals surface area contributed by atoms with E-state index < -0.39 is 10.0 Å². The molecule has 0 saturated carbocycles. The monoisotopic (exact) mass is 559 g/mol. The minimum absolute atomic E-state index is 0.0556. The van der Waals surface area contributed by atoms with Crippen molar-refractivity contribution in [3.05, 3.63) is 75.7 Å². The van der Waals surface area contributed by atoms with E-state index in [2.05, 4.69) is 20.5 Å². The number of urea groups is 1. The second-order valence-electron chi connectivity index (χ2n) is 8.22. The maximum absolute atomic E-state index is 13.3. The van der Waals surface area contributed by atoms with Gasteiger partial charge >= 0.3 is 6.03 Å². The van der Waals surface area contributed by atoms with Crippen molar-refractivity contribution in [1.29, 1.82) is 0 Å². The summed E-state index contributed by atoms with van der Waals surface area (Å²) in [6.07, 6.45) is 3.27. The lowest BCUT2D eigenvalue weighted by molar-refractivity contribution is 0.241. The molecule has 12 heteroatoms. The van der Waals surface area contributed by atoms with E-state index in [0.29, 0.717) is 41.3 Å². The molecule has 1 aromatic heterocycles. The van der Waals surface area contributed by atoms with Gasteiger partial charge in [-0.3, -0.25) is 9.40 Å². The standard InChI is InChI=1S/C25H26ClN5O4S2/c1-3-27-25(32)28-14-16-6-4-7-17(12-16)15-31-19-8-5-9-20(35-2)23(19)24(29-31)30-37(33,34)22-13-18(26)10-11-21(22)36/h4-10,12-13H,3,11,14-15H2,1-2H3,(H,29,30)(H2,27,28,32). The van der Waals surface area contributed by atoms with Crippen LogP contribution < -0.4 is 20.1 Å². The summed E-state index contributed by atoms with van der Waals surface area (Å²) in [7, 11) is -2.54. The van der Waals surface area contributed by atoms with Gasteiger partial charge in [-0.15, -0.1) is 0 Å². The molecule has 194 valence electrons. The third-order valence-corrected chi connectivity index (χ3v) is 7.81. The Hall–Kier alpha value is -3.41. The molecule has 0 atom stereocenters. The number of rotatable bonds is 9. The van der Waals surface area contributed by atoms with Crippen LogP contribution in [-0.2, 0) is 23.1 Å². The van der Waals surface area contributed by atoms with E-state index >= 15 is 0 Å². The number of aromatic nitrogens is 2. The van der Waals surface area contributed by atoms with Crippen molar-refractivity contribution >= 4 is 61.5 Å². The molecule has 0 bridgehead atoms. The van der Waals surface area contributed by atoms with Crippen molar-refractivity contribution in [3.63, 3.8) is 0 Å². The molecule has 1 heterocycles. The van der Waals surface area contributed by atoms with E-state index in [0.717, 1.165) is 11.1 Å². The number of fused-ring (bicyclic) bond motifs is 1. The third-order valence-electron chi connectivity index (χ3n) is 5.62. The first-order valence-electron chi connectivity index (χ1n) is 11.5. The SMILES string of the molecule is CCNC(=O)NCc1cccc(Cn2nc(NS(=O)(=O)C3=CC(Cl)=CCC3=S)c3c(OC)cccc32)c1. The average Bonchev–Trinajstić information content (AvgIpc) is 3.21. The van der Waals surface area contributed by atoms with Crippen molar-refractivity contribution in [2.45, 2.75) is 26.4 Å². The van der Waals surface area contributed by atoms with E-state index in [4.69, 9.17) is 28.6 Å². The highest BCUT2D eigenvalue weighted by Gasteiger charge is 2.27. The van der Waals surface area contributed by atoms with E-state index in [1.807, 2.05) is 43.3 Å². The fraction of sp³-hybridized carbons (Fsp3) is 0.240. The molecule has 0 fully saturated rings. The van der Waals surface area contributed by atoms with Gasteiger partial charge in [-0.25, -0.2) is 13.2 Å². The first-order chi connectivity index (χ1) is 17.7. The highest BCUT2D eigenvalue weighted by atomic mass is 35.5. The normalized spacial score (nSPS) is 13.6. The summed E-state index contributed by atoms with van der Waals surface area (Å²) in [4.78, 5) is 12.0. The van der Waals surface area contributed by atoms with Gasteiger partial charge in [0.1, 0.15) is 10.7 Å². The molecule has 0 spiro atoms. The number of nitrogens with zero attached hydrogens (tertiary/aromatic N) is 2. The summed E-state index contributed by atoms with van der Waals surface area (Å²) in [6, 6.07) is 12.9. The van der Waals surface area contributed by atoms with Gasteiger partial charge in [0.15, 0.2) is 5.82 Å². The Labute approximate surface area is 225 Å². The molecule has 0 saturated heterocycles. The number of sulfonamides is 1. The Morgan fingerprint density at radius 1 is 1.19 bits per heavy atom. The van der Waals surface area contributed by atoms with Gasteiger partial charge in [0, 0.05) is 29.4 Å². The lowest BCUT2D eigenvalue weighted by Gasteiger charge is -2.14. The number of thiocarbonyl (C=S) groups is 1. The number of ether oxygens (including phenoxy) is 1. The van der Waals surface area contributed by atoms with Gasteiger partial charge in [-0.05, 0) is 36.3 Å². The molecule has 2 amide bonds. The Kier molecular flexibility index (Phi) is 8.16. The Balaban J connectivity index is 1.67. The molecule has 2 aromatic carbocycles. The molecule has 0 radical (unpaired) electrons. The zero-order valence-corrected chi connectivity index (χ0v) is 22.6. The molecule has 37 heavy (non-hydrogen) atoms. The smallest absolute Gasteiger partial charge is 0.315 e. The van der Waals surface area contributed by atoms with Crippen LogP contribution in [0.2, 0.25) is 0 Å². The number of nitrogens with one attached hydrogen (secondary N) is 3. The van der Waals surface area contributed by atoms with Crippen LogP contribution in [0.3, 0.4) is 0 Å². The zero-order chi connectivity index (χ0) is 26.6. The number of hydrogen-bond donors (Lipinski definition) is 3. The van der Waals surface area contributed by atoms with Gasteiger partial charge in [-0.2, -0.15) is 5.10 Å². The summed E-state index contributed by atoms with van der Waals surface area (Å²) in [5, 5.41) is 10.9. The molecule has 1 aliphatic carbocycles. The molecule has 1 aliphatic rings. The predicted molar refractivity (Wildman–Crippen MR) is 150 cm³/mol. The second-order valence-corrected chi connectivity index (χ2v) is 10.8. The van der Waals surface area contributed by atoms with Gasteiger partial charge in [-0.1, -0.05) is 60.2 Å². The number of hydrogen-bond acceptors (Lipinski definition) is 6. The molecule has 3 N–H and O–H groups in total. The van der Waals surface area contributed by atoms with Crippen LogP contribution in [0.1, 0.15) is 24.5 Å². The molecular formula is C25H26ClN5O4S2. The van der Waals surface area contributed by atoms with Crippen LogP contribution in [0.4, 0.5) is 10.6 Å². The number of anilines is 1. The Morgan fingerprint density at radius 3 is 2.70 bits per heavy atom. The summed E-state index contributed by atoms with van der Waals surface area (Å²) < 4.78 is 36.3. The molecule has 0 aliphatic heterocycles. The minimum atomic E-state index is -4.05. The number of amides is 2. The fourth-order valence-corrected chi connectivity index (χ4v) is 5.84. The Morgan fingerprint density at radius 2 is 1.95 bits per heavy atom. The van der Waals surface area contributed by atoms with Crippen molar-refractivity contribution in [2.75, 3.05) is 18.4 Å². The maximum atomic E-state index is 13.3. The summed E-state index contributed by atoms with van der Waals surface area (Å²) in [5.41, 5.74) is 2.52. The first-order valence-corrected chi connectivity index (χ1v) is 13.7. The van der Waals surface area contributed by atoms with Crippen LogP contribution in [0, 0.1) is 0 Å². The summed E-state index contributed by atoms with van der Waals surface area (Å²) >= 11 is 11.3. The predicted octanol–water partition coefficient (Wildman–Crippen LogP) is 4.43. The summed E-state index contributed by atoms with van der Waals surface area (Å²) in [6.45, 7) is 3.12. The minimum Gasteiger partial charge on any atom is -0.496 e. The highest BCUT2D eigenvalue weighted by Crippen LogP contribution is 2.34. The van der Waals surface area contributed by atoms with Crippen molar-refractivity contribution < 1.29 is 17.9 Å². The second kappa shape index (κ2) is 11.3. The topological polar surface area (TPSA) is 114 Å². The van der Waals surface area contributed by atoms with E-state index in [-0.39, 0.29) is 28.0 Å². The van der Waals surface area contributed by atoms with E-state index in [9.17, 15) is 13.2 Å². The molecule has 3 aromatic rings. The van der Waals surface area contributed by atoms with Crippen molar-refractivity contribution in [2.24, 2.45) is 0 Å². The van der Waals surface area contributed by atoms with Crippen molar-refractivity contribution in [3.8, 4) is 5.75 Å². The molecule has 4 rings (SSSR count). The van der Waals surface area contributed by atoms with Crippen LogP contribution in [-0.4, -0.2) is 42.7 Å². The van der Waals surface area contributed by atoms with Crippen LogP contribution in [0.15, 0.2) is 64.6 Å². The summed E-state index contributed by atoms with van der Waals surface area (Å²) in [5.74, 6) is 0.593. The molecule has 9 nitrogen and oxygen atoms in total. The average molecular weight is 560 g/mol. The third kappa shape index (κ3) is 6.12. The van der Waals surface area contributed by atoms with Gasteiger partial charge in [0.25, 0.3) is 10.0 Å². The van der Waals surface area contributed by atoms with E-state index in [1.165, 1.54) is 13.2 Å². The lowest BCUT2D eigenvalue weighted by Crippen LogP contribution is -2.34. The van der Waals surface area contributed by atoms with Gasteiger partial charge in [0.05, 0.1) is 24.6 Å². The maximum Gasteiger partial charge on any atom is 0.315 e. The van der Waals surface area contributed by atoms with E-state index in [1.54, 1.807) is 16.8 Å². The number of halogens is 1.